The van der Waals surface area contributed by atoms with Crippen molar-refractivity contribution in [2.24, 2.45) is 5.73 Å². The zero-order valence-corrected chi connectivity index (χ0v) is 25.0. The number of benzene rings is 2. The Morgan fingerprint density at radius 3 is 2.52 bits per heavy atom. The average molecular weight is 593 g/mol. The number of carbonyl (C=O) groups excluding carboxylic acids is 1. The van der Waals surface area contributed by atoms with E-state index in [2.05, 4.69) is 43.6 Å². The maximum Gasteiger partial charge on any atom is 0.233 e. The number of anilines is 4. The molecule has 2 aromatic heterocycles. The molecule has 1 amide bonds. The number of nitrogens with two attached hydrogens (primary N) is 1. The number of para-hydroxylation sites is 1. The molecule has 0 atom stereocenters. The molecule has 0 radical (unpaired) electrons. The number of carbonyl (C=O) groups is 1. The van der Waals surface area contributed by atoms with Crippen LogP contribution in [0.25, 0.3) is 5.65 Å². The standard InChI is InChI=1S/C29H36N8O4S/c1-18(2)42(39,40)25-8-6-5-7-22(25)33-29-35-28(34-27-9-12-31-37(27)29)32-23-15-19(3)21(16-24(23)41-4)20-10-13-36(14-11-20)17-26(30)38/h5-9,12,15-16,18,20H,10-11,13-14,17H2,1-4H3,(H2,30,38)(H2,32,33,34,35). The van der Waals surface area contributed by atoms with Gasteiger partial charge in [-0.25, -0.2) is 8.42 Å². The van der Waals surface area contributed by atoms with Gasteiger partial charge in [-0.3, -0.25) is 9.69 Å². The van der Waals surface area contributed by atoms with E-state index < -0.39 is 15.1 Å². The van der Waals surface area contributed by atoms with Gasteiger partial charge in [-0.05, 0) is 88.0 Å². The van der Waals surface area contributed by atoms with Crippen molar-refractivity contribution >= 4 is 44.7 Å². The molecule has 4 N–H and O–H groups in total. The van der Waals surface area contributed by atoms with E-state index in [0.717, 1.165) is 31.5 Å². The Morgan fingerprint density at radius 2 is 1.83 bits per heavy atom. The number of ether oxygens (including phenoxy) is 1. The molecule has 222 valence electrons. The highest BCUT2D eigenvalue weighted by Crippen LogP contribution is 2.37. The summed E-state index contributed by atoms with van der Waals surface area (Å²) in [5.74, 6) is 1.28. The number of methoxy groups -OCH3 is 1. The van der Waals surface area contributed by atoms with Crippen LogP contribution in [-0.4, -0.2) is 70.8 Å². The number of amides is 1. The molecule has 12 nitrogen and oxygen atoms in total. The monoisotopic (exact) mass is 592 g/mol. The van der Waals surface area contributed by atoms with Crippen LogP contribution in [0.4, 0.5) is 23.3 Å². The number of primary amides is 1. The van der Waals surface area contributed by atoms with Crippen molar-refractivity contribution in [3.8, 4) is 5.75 Å². The third-order valence-corrected chi connectivity index (χ3v) is 9.77. The molecule has 0 aliphatic carbocycles. The van der Waals surface area contributed by atoms with Crippen LogP contribution in [0.15, 0.2) is 53.6 Å². The predicted molar refractivity (Wildman–Crippen MR) is 161 cm³/mol. The Kier molecular flexibility index (Phi) is 8.32. The van der Waals surface area contributed by atoms with Gasteiger partial charge in [0.15, 0.2) is 15.5 Å². The van der Waals surface area contributed by atoms with Crippen molar-refractivity contribution in [3.63, 3.8) is 0 Å². The molecule has 3 heterocycles. The summed E-state index contributed by atoms with van der Waals surface area (Å²) in [5, 5.41) is 10.2. The van der Waals surface area contributed by atoms with Gasteiger partial charge in [-0.1, -0.05) is 12.1 Å². The molecule has 42 heavy (non-hydrogen) atoms. The second-order valence-electron chi connectivity index (χ2n) is 10.7. The van der Waals surface area contributed by atoms with E-state index in [1.807, 2.05) is 6.07 Å². The summed E-state index contributed by atoms with van der Waals surface area (Å²) in [7, 11) is -1.93. The fourth-order valence-corrected chi connectivity index (χ4v) is 6.51. The normalized spacial score (nSPS) is 14.8. The van der Waals surface area contributed by atoms with Gasteiger partial charge in [0.1, 0.15) is 5.75 Å². The fraction of sp³-hybridized carbons (Fsp3) is 0.379. The smallest absolute Gasteiger partial charge is 0.233 e. The van der Waals surface area contributed by atoms with Crippen molar-refractivity contribution in [3.05, 3.63) is 59.8 Å². The number of aromatic nitrogens is 4. The molecule has 1 aliphatic heterocycles. The van der Waals surface area contributed by atoms with Crippen molar-refractivity contribution in [2.45, 2.75) is 49.7 Å². The van der Waals surface area contributed by atoms with E-state index in [-0.39, 0.29) is 17.3 Å². The Hall–Kier alpha value is -4.23. The van der Waals surface area contributed by atoms with E-state index in [1.165, 1.54) is 10.1 Å². The summed E-state index contributed by atoms with van der Waals surface area (Å²) in [4.78, 5) is 22.8. The molecular weight excluding hydrogens is 556 g/mol. The van der Waals surface area contributed by atoms with Crippen LogP contribution in [0.2, 0.25) is 0 Å². The molecule has 0 saturated carbocycles. The van der Waals surface area contributed by atoms with Crippen molar-refractivity contribution in [1.82, 2.24) is 24.5 Å². The van der Waals surface area contributed by atoms with Gasteiger partial charge in [0.05, 0.1) is 41.4 Å². The topological polar surface area (TPSA) is 157 Å². The molecule has 5 rings (SSSR count). The number of sulfone groups is 1. The highest BCUT2D eigenvalue weighted by Gasteiger charge is 2.25. The first-order chi connectivity index (χ1) is 20.1. The first kappa shape index (κ1) is 29.3. The fourth-order valence-electron chi connectivity index (χ4n) is 5.31. The average Bonchev–Trinajstić information content (AvgIpc) is 3.43. The Morgan fingerprint density at radius 1 is 1.10 bits per heavy atom. The number of rotatable bonds is 10. The van der Waals surface area contributed by atoms with Gasteiger partial charge in [-0.15, -0.1) is 0 Å². The minimum absolute atomic E-state index is 0.182. The van der Waals surface area contributed by atoms with Gasteiger partial charge in [0.2, 0.25) is 17.8 Å². The van der Waals surface area contributed by atoms with Gasteiger partial charge < -0.3 is 21.1 Å². The van der Waals surface area contributed by atoms with E-state index in [9.17, 15) is 13.2 Å². The van der Waals surface area contributed by atoms with Crippen LogP contribution >= 0.6 is 0 Å². The molecule has 13 heteroatoms. The number of aryl methyl sites for hydroxylation is 1. The lowest BCUT2D eigenvalue weighted by Crippen LogP contribution is -2.39. The number of likely N-dealkylation sites (tertiary alicyclic amines) is 1. The first-order valence-electron chi connectivity index (χ1n) is 13.8. The van der Waals surface area contributed by atoms with Crippen LogP contribution in [0.1, 0.15) is 43.7 Å². The highest BCUT2D eigenvalue weighted by molar-refractivity contribution is 7.92. The SMILES string of the molecule is COc1cc(C2CCN(CC(N)=O)CC2)c(C)cc1Nc1nc(Nc2ccccc2S(=O)(=O)C(C)C)n2nccc2n1. The summed E-state index contributed by atoms with van der Waals surface area (Å²) in [5.41, 5.74) is 9.29. The van der Waals surface area contributed by atoms with Crippen molar-refractivity contribution in [2.75, 3.05) is 37.4 Å². The summed E-state index contributed by atoms with van der Waals surface area (Å²) < 4.78 is 33.3. The highest BCUT2D eigenvalue weighted by atomic mass is 32.2. The molecular formula is C29H36N8O4S. The second-order valence-corrected chi connectivity index (χ2v) is 13.2. The zero-order chi connectivity index (χ0) is 30.0. The lowest BCUT2D eigenvalue weighted by Gasteiger charge is -2.32. The summed E-state index contributed by atoms with van der Waals surface area (Å²) in [6.45, 7) is 7.28. The van der Waals surface area contributed by atoms with E-state index in [0.29, 0.717) is 40.6 Å². The number of nitrogens with zero attached hydrogens (tertiary/aromatic N) is 5. The van der Waals surface area contributed by atoms with E-state index in [4.69, 9.17) is 10.5 Å². The molecule has 0 spiro atoms. The molecule has 1 saturated heterocycles. The van der Waals surface area contributed by atoms with Crippen molar-refractivity contribution < 1.29 is 17.9 Å². The van der Waals surface area contributed by atoms with Crippen LogP contribution in [-0.2, 0) is 14.6 Å². The third kappa shape index (κ3) is 6.02. The number of hydrogen-bond donors (Lipinski definition) is 3. The Balaban J connectivity index is 1.44. The van der Waals surface area contributed by atoms with Crippen LogP contribution < -0.4 is 21.1 Å². The zero-order valence-electron chi connectivity index (χ0n) is 24.2. The molecule has 1 aliphatic rings. The molecule has 0 unspecified atom stereocenters. The summed E-state index contributed by atoms with van der Waals surface area (Å²) in [6.07, 6.45) is 3.45. The Bertz CT molecular complexity index is 1710. The predicted octanol–water partition coefficient (Wildman–Crippen LogP) is 3.78. The minimum Gasteiger partial charge on any atom is -0.495 e. The van der Waals surface area contributed by atoms with E-state index in [1.54, 1.807) is 57.5 Å². The summed E-state index contributed by atoms with van der Waals surface area (Å²) in [6, 6.07) is 12.5. The lowest BCUT2D eigenvalue weighted by molar-refractivity contribution is -0.119. The van der Waals surface area contributed by atoms with E-state index >= 15 is 0 Å². The van der Waals surface area contributed by atoms with Crippen molar-refractivity contribution in [1.29, 1.82) is 0 Å². The maximum atomic E-state index is 13.0. The minimum atomic E-state index is -3.55. The number of hydrogen-bond acceptors (Lipinski definition) is 10. The van der Waals surface area contributed by atoms with Gasteiger partial charge >= 0.3 is 0 Å². The van der Waals surface area contributed by atoms with Crippen LogP contribution in [0, 0.1) is 6.92 Å². The molecule has 4 aromatic rings. The second kappa shape index (κ2) is 11.9. The number of piperidine rings is 1. The Labute approximate surface area is 245 Å². The van der Waals surface area contributed by atoms with Crippen LogP contribution in [0.3, 0.4) is 0 Å². The third-order valence-electron chi connectivity index (χ3n) is 7.56. The lowest BCUT2D eigenvalue weighted by atomic mass is 9.86. The number of fused-ring (bicyclic) bond motifs is 1. The number of nitrogens with one attached hydrogen (secondary N) is 2. The van der Waals surface area contributed by atoms with Crippen LogP contribution in [0.5, 0.6) is 5.75 Å². The van der Waals surface area contributed by atoms with Gasteiger partial charge in [0.25, 0.3) is 0 Å². The molecule has 0 bridgehead atoms. The maximum absolute atomic E-state index is 13.0. The quantitative estimate of drug-likeness (QED) is 0.248. The molecule has 1 fully saturated rings. The molecule has 2 aromatic carbocycles. The van der Waals surface area contributed by atoms with Gasteiger partial charge in [0, 0.05) is 6.07 Å². The first-order valence-corrected chi connectivity index (χ1v) is 15.4. The van der Waals surface area contributed by atoms with Gasteiger partial charge in [-0.2, -0.15) is 19.6 Å². The largest absolute Gasteiger partial charge is 0.495 e. The summed E-state index contributed by atoms with van der Waals surface area (Å²) >= 11 is 0.